The number of halogens is 1. The maximum absolute atomic E-state index is 12.1. The van der Waals surface area contributed by atoms with Crippen molar-refractivity contribution >= 4 is 51.2 Å². The summed E-state index contributed by atoms with van der Waals surface area (Å²) in [6.07, 6.45) is 1.49. The van der Waals surface area contributed by atoms with Crippen LogP contribution in [0.5, 0.6) is 5.75 Å². The van der Waals surface area contributed by atoms with Crippen molar-refractivity contribution in [3.63, 3.8) is 0 Å². The van der Waals surface area contributed by atoms with Gasteiger partial charge >= 0.3 is 0 Å². The number of benzene rings is 2. The van der Waals surface area contributed by atoms with Crippen molar-refractivity contribution in [3.8, 4) is 5.75 Å². The quantitative estimate of drug-likeness (QED) is 0.429. The van der Waals surface area contributed by atoms with Crippen LogP contribution < -0.4 is 15.4 Å². The highest BCUT2D eigenvalue weighted by Crippen LogP contribution is 2.27. The zero-order valence-electron chi connectivity index (χ0n) is 14.8. The van der Waals surface area contributed by atoms with E-state index < -0.39 is 11.8 Å². The Balaban J connectivity index is 1.88. The van der Waals surface area contributed by atoms with Crippen LogP contribution in [0.3, 0.4) is 0 Å². The molecular weight excluding hydrogens is 428 g/mol. The molecule has 2 amide bonds. The van der Waals surface area contributed by atoms with E-state index in [1.54, 1.807) is 12.1 Å². The van der Waals surface area contributed by atoms with Gasteiger partial charge in [0.25, 0.3) is 11.8 Å². The topological polar surface area (TPSA) is 67.4 Å². The van der Waals surface area contributed by atoms with E-state index in [9.17, 15) is 9.59 Å². The first-order valence-electron chi connectivity index (χ1n) is 8.20. The number of aryl methyl sites for hydroxylation is 2. The molecule has 1 saturated heterocycles. The Kier molecular flexibility index (Phi) is 5.72. The number of hydrogen-bond donors (Lipinski definition) is 2. The Labute approximate surface area is 170 Å². The fourth-order valence-corrected chi connectivity index (χ4v) is 3.14. The summed E-state index contributed by atoms with van der Waals surface area (Å²) in [4.78, 5) is 24.2. The van der Waals surface area contributed by atoms with E-state index in [-0.39, 0.29) is 10.7 Å². The predicted octanol–water partition coefficient (Wildman–Crippen LogP) is 3.56. The first kappa shape index (κ1) is 19.3. The first-order chi connectivity index (χ1) is 12.8. The molecule has 1 aliphatic rings. The van der Waals surface area contributed by atoms with Gasteiger partial charge in [0.15, 0.2) is 5.11 Å². The van der Waals surface area contributed by atoms with E-state index in [0.29, 0.717) is 17.9 Å². The summed E-state index contributed by atoms with van der Waals surface area (Å²) >= 11 is 8.22. The molecule has 0 unspecified atom stereocenters. The Hall–Kier alpha value is -2.51. The van der Waals surface area contributed by atoms with Gasteiger partial charge in [0.2, 0.25) is 0 Å². The molecule has 1 heterocycles. The van der Waals surface area contributed by atoms with Gasteiger partial charge in [-0.2, -0.15) is 0 Å². The van der Waals surface area contributed by atoms with Crippen molar-refractivity contribution < 1.29 is 14.3 Å². The van der Waals surface area contributed by atoms with Gasteiger partial charge in [-0.05, 0) is 67.0 Å². The fraction of sp³-hybridized carbons (Fsp3) is 0.150. The lowest BCUT2D eigenvalue weighted by molar-refractivity contribution is -0.123. The summed E-state index contributed by atoms with van der Waals surface area (Å²) in [6.45, 7) is 4.49. The summed E-state index contributed by atoms with van der Waals surface area (Å²) in [5, 5.41) is 4.85. The molecule has 1 aliphatic heterocycles. The smallest absolute Gasteiger partial charge is 0.263 e. The highest BCUT2D eigenvalue weighted by Gasteiger charge is 2.26. The fourth-order valence-electron chi connectivity index (χ4n) is 2.58. The maximum atomic E-state index is 12.1. The molecular formula is C20H17BrN2O3S. The second-order valence-electron chi connectivity index (χ2n) is 6.18. The zero-order chi connectivity index (χ0) is 19.6. The van der Waals surface area contributed by atoms with Crippen LogP contribution in [0.25, 0.3) is 6.08 Å². The largest absolute Gasteiger partial charge is 0.488 e. The molecule has 2 N–H and O–H groups in total. The predicted molar refractivity (Wildman–Crippen MR) is 111 cm³/mol. The maximum Gasteiger partial charge on any atom is 0.263 e. The van der Waals surface area contributed by atoms with Crippen molar-refractivity contribution in [2.24, 2.45) is 0 Å². The third-order valence-electron chi connectivity index (χ3n) is 4.18. The lowest BCUT2D eigenvalue weighted by atomic mass is 10.1. The molecule has 0 radical (unpaired) electrons. The Morgan fingerprint density at radius 2 is 1.74 bits per heavy atom. The molecule has 138 valence electrons. The van der Waals surface area contributed by atoms with Crippen molar-refractivity contribution in [2.75, 3.05) is 0 Å². The molecule has 0 aliphatic carbocycles. The molecule has 7 heteroatoms. The van der Waals surface area contributed by atoms with Gasteiger partial charge in [0, 0.05) is 10.0 Å². The van der Waals surface area contributed by atoms with Crippen LogP contribution in [0.4, 0.5) is 0 Å². The number of carbonyl (C=O) groups is 2. The van der Waals surface area contributed by atoms with Gasteiger partial charge in [0.1, 0.15) is 17.9 Å². The summed E-state index contributed by atoms with van der Waals surface area (Å²) in [5.74, 6) is -0.509. The van der Waals surface area contributed by atoms with E-state index in [1.807, 2.05) is 12.1 Å². The Morgan fingerprint density at radius 3 is 2.41 bits per heavy atom. The molecule has 5 nitrogen and oxygen atoms in total. The number of hydrogen-bond acceptors (Lipinski definition) is 4. The summed E-state index contributed by atoms with van der Waals surface area (Å²) in [7, 11) is 0. The summed E-state index contributed by atoms with van der Waals surface area (Å²) in [5.41, 5.74) is 4.04. The monoisotopic (exact) mass is 444 g/mol. The van der Waals surface area contributed by atoms with Crippen LogP contribution in [0, 0.1) is 13.8 Å². The molecule has 1 fully saturated rings. The van der Waals surface area contributed by atoms with E-state index in [0.717, 1.165) is 10.0 Å². The number of thiocarbonyl (C=S) groups is 1. The van der Waals surface area contributed by atoms with Crippen LogP contribution in [-0.2, 0) is 16.2 Å². The number of amides is 2. The summed E-state index contributed by atoms with van der Waals surface area (Å²) < 4.78 is 6.76. The third kappa shape index (κ3) is 4.61. The van der Waals surface area contributed by atoms with Gasteiger partial charge < -0.3 is 4.74 Å². The van der Waals surface area contributed by atoms with E-state index >= 15 is 0 Å². The number of carbonyl (C=O) groups excluding carboxylic acids is 2. The minimum absolute atomic E-state index is 0.00241. The lowest BCUT2D eigenvalue weighted by Crippen LogP contribution is -2.51. The van der Waals surface area contributed by atoms with Gasteiger partial charge in [-0.25, -0.2) is 0 Å². The van der Waals surface area contributed by atoms with Crippen LogP contribution in [0.15, 0.2) is 46.4 Å². The zero-order valence-corrected chi connectivity index (χ0v) is 17.2. The highest BCUT2D eigenvalue weighted by molar-refractivity contribution is 9.10. The molecule has 2 aromatic carbocycles. The van der Waals surface area contributed by atoms with Crippen LogP contribution in [0.1, 0.15) is 22.3 Å². The minimum atomic E-state index is -0.538. The Morgan fingerprint density at radius 1 is 1.04 bits per heavy atom. The van der Waals surface area contributed by atoms with Crippen LogP contribution in [-0.4, -0.2) is 16.9 Å². The standard InChI is InChI=1S/C20H17BrN2O3S/c1-11-3-4-13(7-12(11)2)10-26-17-6-5-15(21)8-14(17)9-16-18(24)22-20(27)23-19(16)25/h3-9H,10H2,1-2H3,(H2,22,23,24,25,27). The SMILES string of the molecule is Cc1ccc(COc2ccc(Br)cc2C=C2C(=O)NC(=S)NC2=O)cc1C. The van der Waals surface area contributed by atoms with Crippen molar-refractivity contribution in [1.82, 2.24) is 10.6 Å². The first-order valence-corrected chi connectivity index (χ1v) is 9.40. The van der Waals surface area contributed by atoms with Gasteiger partial charge in [0.05, 0.1) is 0 Å². The Bertz CT molecular complexity index is 963. The lowest BCUT2D eigenvalue weighted by Gasteiger charge is -2.17. The minimum Gasteiger partial charge on any atom is -0.488 e. The molecule has 0 saturated carbocycles. The van der Waals surface area contributed by atoms with Crippen molar-refractivity contribution in [2.45, 2.75) is 20.5 Å². The summed E-state index contributed by atoms with van der Waals surface area (Å²) in [6, 6.07) is 11.6. The molecule has 2 aromatic rings. The number of ether oxygens (including phenoxy) is 1. The molecule has 0 atom stereocenters. The van der Waals surface area contributed by atoms with Crippen LogP contribution in [0.2, 0.25) is 0 Å². The second kappa shape index (κ2) is 8.02. The average molecular weight is 445 g/mol. The molecule has 0 spiro atoms. The highest BCUT2D eigenvalue weighted by atomic mass is 79.9. The number of rotatable bonds is 4. The van der Waals surface area contributed by atoms with Crippen molar-refractivity contribution in [1.29, 1.82) is 0 Å². The number of nitrogens with one attached hydrogen (secondary N) is 2. The van der Waals surface area contributed by atoms with Crippen LogP contribution >= 0.6 is 28.1 Å². The molecule has 27 heavy (non-hydrogen) atoms. The van der Waals surface area contributed by atoms with Crippen molar-refractivity contribution in [3.05, 3.63) is 68.7 Å². The molecule has 0 aromatic heterocycles. The average Bonchev–Trinajstić information content (AvgIpc) is 2.60. The third-order valence-corrected chi connectivity index (χ3v) is 4.88. The molecule has 0 bridgehead atoms. The van der Waals surface area contributed by atoms with E-state index in [4.69, 9.17) is 17.0 Å². The molecule has 3 rings (SSSR count). The van der Waals surface area contributed by atoms with E-state index in [1.165, 1.54) is 17.2 Å². The van der Waals surface area contributed by atoms with Gasteiger partial charge in [-0.1, -0.05) is 34.1 Å². The van der Waals surface area contributed by atoms with E-state index in [2.05, 4.69) is 52.5 Å². The normalized spacial score (nSPS) is 13.9. The van der Waals surface area contributed by atoms with Gasteiger partial charge in [-0.3, -0.25) is 20.2 Å². The van der Waals surface area contributed by atoms with Gasteiger partial charge in [-0.15, -0.1) is 0 Å². The second-order valence-corrected chi connectivity index (χ2v) is 7.51.